The number of aryl methyl sites for hydroxylation is 4. The Morgan fingerprint density at radius 1 is 0.816 bits per heavy atom. The zero-order chi connectivity index (χ0) is 28.1. The Morgan fingerprint density at radius 2 is 1.39 bits per heavy atom. The number of carboxylic acid groups (broad SMARTS) is 1. The molecule has 0 saturated carbocycles. The van der Waals surface area contributed by atoms with Crippen LogP contribution in [0.1, 0.15) is 93.7 Å². The molecule has 0 aliphatic heterocycles. The minimum absolute atomic E-state index is 0.0573. The van der Waals surface area contributed by atoms with Crippen molar-refractivity contribution in [3.05, 3.63) is 94.0 Å². The molecule has 0 aliphatic carbocycles. The maximum Gasteiger partial charge on any atom is 0.303 e. The lowest BCUT2D eigenvalue weighted by Gasteiger charge is -2.34. The van der Waals surface area contributed by atoms with Crippen LogP contribution < -0.4 is 0 Å². The highest BCUT2D eigenvalue weighted by Crippen LogP contribution is 2.41. The molecule has 3 rings (SSSR count). The fourth-order valence-electron chi connectivity index (χ4n) is 5.62. The molecule has 0 aliphatic rings. The highest BCUT2D eigenvalue weighted by Gasteiger charge is 2.31. The number of hydrogen-bond donors (Lipinski definition) is 2. The molecule has 0 saturated heterocycles. The lowest BCUT2D eigenvalue weighted by Crippen LogP contribution is -2.27. The van der Waals surface area contributed by atoms with Gasteiger partial charge in [-0.2, -0.15) is 0 Å². The number of carboxylic acids is 1. The van der Waals surface area contributed by atoms with Gasteiger partial charge in [0.05, 0.1) is 6.10 Å². The van der Waals surface area contributed by atoms with E-state index in [1.807, 2.05) is 12.1 Å². The van der Waals surface area contributed by atoms with Crippen LogP contribution >= 0.6 is 0 Å². The number of aliphatic carboxylic acids is 1. The molecule has 3 aromatic rings. The summed E-state index contributed by atoms with van der Waals surface area (Å²) in [6.07, 6.45) is 4.09. The first-order chi connectivity index (χ1) is 17.9. The second-order valence-electron chi connectivity index (χ2n) is 12.0. The first kappa shape index (κ1) is 29.6. The van der Waals surface area contributed by atoms with E-state index in [1.165, 1.54) is 33.4 Å². The van der Waals surface area contributed by atoms with Crippen LogP contribution in [0.3, 0.4) is 0 Å². The van der Waals surface area contributed by atoms with E-state index in [0.29, 0.717) is 6.42 Å². The minimum atomic E-state index is -0.764. The van der Waals surface area contributed by atoms with Crippen LogP contribution in [0.5, 0.6) is 0 Å². The molecule has 0 fully saturated rings. The third-order valence-corrected chi connectivity index (χ3v) is 8.46. The monoisotopic (exact) mass is 514 g/mol. The van der Waals surface area contributed by atoms with E-state index in [2.05, 4.69) is 97.0 Å². The number of aliphatic hydroxyl groups excluding tert-OH is 1. The summed E-state index contributed by atoms with van der Waals surface area (Å²) in [5.74, 6) is -0.764. The van der Waals surface area contributed by atoms with Crippen LogP contribution in [0.25, 0.3) is 11.1 Å². The molecule has 1 atom stereocenters. The van der Waals surface area contributed by atoms with Gasteiger partial charge in [0.1, 0.15) is 0 Å². The van der Waals surface area contributed by atoms with E-state index in [1.54, 1.807) is 0 Å². The Hall–Kier alpha value is -2.91. The van der Waals surface area contributed by atoms with Gasteiger partial charge in [0.15, 0.2) is 0 Å². The average Bonchev–Trinajstić information content (AvgIpc) is 2.88. The molecular weight excluding hydrogens is 468 g/mol. The Morgan fingerprint density at radius 3 is 1.89 bits per heavy atom. The van der Waals surface area contributed by atoms with Crippen molar-refractivity contribution in [2.24, 2.45) is 5.41 Å². The fraction of sp³-hybridized carbons (Fsp3) is 0.457. The van der Waals surface area contributed by atoms with Crippen molar-refractivity contribution >= 4 is 5.97 Å². The topological polar surface area (TPSA) is 57.5 Å². The Labute approximate surface area is 229 Å². The second kappa shape index (κ2) is 12.3. The molecule has 0 bridgehead atoms. The molecular formula is C35H46O3. The van der Waals surface area contributed by atoms with Crippen molar-refractivity contribution in [2.45, 2.75) is 98.5 Å². The minimum Gasteiger partial charge on any atom is -0.481 e. The normalized spacial score (nSPS) is 12.9. The summed E-state index contributed by atoms with van der Waals surface area (Å²) in [5, 5.41) is 19.5. The molecule has 3 nitrogen and oxygen atoms in total. The maximum atomic E-state index is 10.9. The maximum absolute atomic E-state index is 10.9. The van der Waals surface area contributed by atoms with Crippen molar-refractivity contribution in [1.82, 2.24) is 0 Å². The summed E-state index contributed by atoms with van der Waals surface area (Å²) in [4.78, 5) is 10.9. The highest BCUT2D eigenvalue weighted by atomic mass is 16.4. The molecule has 0 amide bonds. The molecule has 204 valence electrons. The fourth-order valence-corrected chi connectivity index (χ4v) is 5.62. The molecule has 0 aromatic heterocycles. The second-order valence-corrected chi connectivity index (χ2v) is 12.0. The first-order valence-corrected chi connectivity index (χ1v) is 14.1. The lowest BCUT2D eigenvalue weighted by atomic mass is 9.69. The van der Waals surface area contributed by atoms with Gasteiger partial charge in [-0.3, -0.25) is 4.79 Å². The summed E-state index contributed by atoms with van der Waals surface area (Å²) in [7, 11) is 0. The molecule has 3 heteroatoms. The van der Waals surface area contributed by atoms with Crippen LogP contribution in [-0.2, 0) is 23.1 Å². The molecule has 0 spiro atoms. The zero-order valence-corrected chi connectivity index (χ0v) is 24.4. The largest absolute Gasteiger partial charge is 0.481 e. The predicted molar refractivity (Wildman–Crippen MR) is 159 cm³/mol. The standard InChI is InChI=1S/C35H46O3/c1-8-35(9-2,29-17-15-27(24(3)22-29)16-20-32(36)34(5,6)7)30-18-19-31(25(4)23-30)28-13-10-26(11-14-28)12-21-33(37)38/h10-11,13-15,17-19,22-23,32,36H,8-9,12,16,20-21H2,1-7H3,(H,37,38). The first-order valence-electron chi connectivity index (χ1n) is 14.1. The van der Waals surface area contributed by atoms with Crippen LogP contribution in [0.15, 0.2) is 60.7 Å². The molecule has 2 N–H and O–H groups in total. The van der Waals surface area contributed by atoms with Crippen LogP contribution in [0.4, 0.5) is 0 Å². The summed E-state index contributed by atoms with van der Waals surface area (Å²) in [6.45, 7) is 15.2. The smallest absolute Gasteiger partial charge is 0.303 e. The third kappa shape index (κ3) is 6.74. The van der Waals surface area contributed by atoms with E-state index >= 15 is 0 Å². The van der Waals surface area contributed by atoms with Gasteiger partial charge in [0.25, 0.3) is 0 Å². The number of rotatable bonds is 11. The van der Waals surface area contributed by atoms with Crippen LogP contribution in [-0.4, -0.2) is 22.3 Å². The van der Waals surface area contributed by atoms with Crippen molar-refractivity contribution in [1.29, 1.82) is 0 Å². The highest BCUT2D eigenvalue weighted by molar-refractivity contribution is 5.69. The summed E-state index contributed by atoms with van der Waals surface area (Å²) in [5.41, 5.74) is 9.82. The Bertz CT molecular complexity index is 1230. The molecule has 38 heavy (non-hydrogen) atoms. The van der Waals surface area contributed by atoms with Crippen molar-refractivity contribution in [3.63, 3.8) is 0 Å². The quantitative estimate of drug-likeness (QED) is 0.270. The SMILES string of the molecule is CCC(CC)(c1ccc(CCC(O)C(C)(C)C)c(C)c1)c1ccc(-c2ccc(CCC(=O)O)cc2)c(C)c1. The van der Waals surface area contributed by atoms with Gasteiger partial charge in [-0.05, 0) is 95.9 Å². The summed E-state index contributed by atoms with van der Waals surface area (Å²) >= 11 is 0. The van der Waals surface area contributed by atoms with Gasteiger partial charge in [-0.15, -0.1) is 0 Å². The van der Waals surface area contributed by atoms with Crippen molar-refractivity contribution in [3.8, 4) is 11.1 Å². The summed E-state index contributed by atoms with van der Waals surface area (Å²) < 4.78 is 0. The van der Waals surface area contributed by atoms with Gasteiger partial charge >= 0.3 is 5.97 Å². The van der Waals surface area contributed by atoms with Gasteiger partial charge < -0.3 is 10.2 Å². The Kier molecular flexibility index (Phi) is 9.59. The molecule has 3 aromatic carbocycles. The summed E-state index contributed by atoms with van der Waals surface area (Å²) in [6, 6.07) is 22.1. The number of hydrogen-bond acceptors (Lipinski definition) is 2. The van der Waals surface area contributed by atoms with Gasteiger partial charge in [-0.1, -0.05) is 95.3 Å². The van der Waals surface area contributed by atoms with Gasteiger partial charge in [-0.25, -0.2) is 0 Å². The van der Waals surface area contributed by atoms with E-state index in [0.717, 1.165) is 36.8 Å². The van der Waals surface area contributed by atoms with E-state index in [9.17, 15) is 9.90 Å². The van der Waals surface area contributed by atoms with Crippen molar-refractivity contribution in [2.75, 3.05) is 0 Å². The van der Waals surface area contributed by atoms with Crippen LogP contribution in [0, 0.1) is 19.3 Å². The number of carbonyl (C=O) groups is 1. The van der Waals surface area contributed by atoms with E-state index < -0.39 is 5.97 Å². The van der Waals surface area contributed by atoms with E-state index in [-0.39, 0.29) is 23.4 Å². The number of aliphatic hydroxyl groups is 1. The molecule has 0 radical (unpaired) electrons. The predicted octanol–water partition coefficient (Wildman–Crippen LogP) is 8.43. The van der Waals surface area contributed by atoms with Crippen molar-refractivity contribution < 1.29 is 15.0 Å². The van der Waals surface area contributed by atoms with Crippen LogP contribution in [0.2, 0.25) is 0 Å². The van der Waals surface area contributed by atoms with E-state index in [4.69, 9.17) is 5.11 Å². The average molecular weight is 515 g/mol. The molecule has 0 heterocycles. The zero-order valence-electron chi connectivity index (χ0n) is 24.4. The van der Waals surface area contributed by atoms with Gasteiger partial charge in [0.2, 0.25) is 0 Å². The Balaban J connectivity index is 1.88. The number of benzene rings is 3. The molecule has 1 unspecified atom stereocenters. The lowest BCUT2D eigenvalue weighted by molar-refractivity contribution is -0.136. The third-order valence-electron chi connectivity index (χ3n) is 8.46. The van der Waals surface area contributed by atoms with Gasteiger partial charge in [0, 0.05) is 11.8 Å².